The minimum Gasteiger partial charge on any atom is -0.300 e. The molecule has 4 heteroatoms. The maximum absolute atomic E-state index is 10.9. The van der Waals surface area contributed by atoms with Crippen molar-refractivity contribution in [3.63, 3.8) is 0 Å². The highest BCUT2D eigenvalue weighted by molar-refractivity contribution is 9.10. The fraction of sp³-hybridized carbons (Fsp3) is 0.333. The number of thiophene rings is 1. The Morgan fingerprint density at radius 2 is 2.31 bits per heavy atom. The summed E-state index contributed by atoms with van der Waals surface area (Å²) in [5.74, 6) is 0.182. The average Bonchev–Trinajstić information content (AvgIpc) is 2.46. The van der Waals surface area contributed by atoms with Crippen molar-refractivity contribution in [1.82, 2.24) is 0 Å². The number of hydrogen-bond acceptors (Lipinski definition) is 3. The van der Waals surface area contributed by atoms with E-state index in [-0.39, 0.29) is 5.78 Å². The first kappa shape index (κ1) is 8.92. The molecule has 0 unspecified atom stereocenters. The molecule has 1 aromatic heterocycles. The predicted octanol–water partition coefficient (Wildman–Crippen LogP) is 2.63. The number of ketones is 1. The Balaban J connectivity index is 2.41. The van der Waals surface area contributed by atoms with Gasteiger partial charge in [0.2, 0.25) is 0 Å². The first-order valence-corrected chi connectivity index (χ1v) is 5.52. The number of hydrogen-bond donors (Lipinski definition) is 0. The van der Waals surface area contributed by atoms with Crippen LogP contribution in [-0.2, 0) is 10.2 Å². The SMILES string of the molecule is N#CC1(c2sccc2Br)CC(=O)C1. The maximum Gasteiger partial charge on any atom is 0.136 e. The van der Waals surface area contributed by atoms with Crippen LogP contribution in [0.1, 0.15) is 17.7 Å². The minimum absolute atomic E-state index is 0.182. The Kier molecular flexibility index (Phi) is 2.01. The van der Waals surface area contributed by atoms with Crippen LogP contribution in [0.25, 0.3) is 0 Å². The molecule has 66 valence electrons. The minimum atomic E-state index is -0.524. The van der Waals surface area contributed by atoms with E-state index in [9.17, 15) is 4.79 Å². The smallest absolute Gasteiger partial charge is 0.136 e. The molecule has 1 saturated carbocycles. The molecule has 2 rings (SSSR count). The van der Waals surface area contributed by atoms with Gasteiger partial charge in [0.25, 0.3) is 0 Å². The van der Waals surface area contributed by atoms with Crippen LogP contribution in [0.2, 0.25) is 0 Å². The van der Waals surface area contributed by atoms with Crippen molar-refractivity contribution in [3.05, 3.63) is 20.8 Å². The lowest BCUT2D eigenvalue weighted by Gasteiger charge is -2.32. The van der Waals surface area contributed by atoms with Crippen molar-refractivity contribution >= 4 is 33.0 Å². The third-order valence-corrected chi connectivity index (χ3v) is 4.31. The Bertz CT molecular complexity index is 396. The second-order valence-electron chi connectivity index (χ2n) is 3.18. The molecule has 0 radical (unpaired) electrons. The van der Waals surface area contributed by atoms with Crippen molar-refractivity contribution in [1.29, 1.82) is 5.26 Å². The molecular formula is C9H6BrNOS. The lowest BCUT2D eigenvalue weighted by atomic mass is 9.68. The number of carbonyl (C=O) groups is 1. The summed E-state index contributed by atoms with van der Waals surface area (Å²) in [5.41, 5.74) is -0.524. The molecule has 13 heavy (non-hydrogen) atoms. The number of Topliss-reactive ketones (excluding diaryl/α,β-unsaturated/α-hetero) is 1. The summed E-state index contributed by atoms with van der Waals surface area (Å²) in [6.07, 6.45) is 0.755. The summed E-state index contributed by atoms with van der Waals surface area (Å²) in [7, 11) is 0. The van der Waals surface area contributed by atoms with E-state index in [4.69, 9.17) is 5.26 Å². The summed E-state index contributed by atoms with van der Waals surface area (Å²) in [6, 6.07) is 4.17. The van der Waals surface area contributed by atoms with Crippen LogP contribution in [0.15, 0.2) is 15.9 Å². The van der Waals surface area contributed by atoms with Crippen molar-refractivity contribution in [2.75, 3.05) is 0 Å². The Morgan fingerprint density at radius 3 is 2.69 bits per heavy atom. The van der Waals surface area contributed by atoms with E-state index in [1.807, 2.05) is 11.4 Å². The number of nitrogens with zero attached hydrogens (tertiary/aromatic N) is 1. The van der Waals surface area contributed by atoms with Gasteiger partial charge in [-0.1, -0.05) is 0 Å². The van der Waals surface area contributed by atoms with E-state index >= 15 is 0 Å². The van der Waals surface area contributed by atoms with E-state index in [1.165, 1.54) is 11.3 Å². The predicted molar refractivity (Wildman–Crippen MR) is 53.6 cm³/mol. The van der Waals surface area contributed by atoms with Gasteiger partial charge in [-0.3, -0.25) is 4.79 Å². The molecule has 0 N–H and O–H groups in total. The molecule has 0 saturated heterocycles. The van der Waals surface area contributed by atoms with Gasteiger partial charge in [-0.2, -0.15) is 5.26 Å². The van der Waals surface area contributed by atoms with E-state index in [0.717, 1.165) is 9.35 Å². The lowest BCUT2D eigenvalue weighted by molar-refractivity contribution is -0.126. The van der Waals surface area contributed by atoms with Gasteiger partial charge in [0, 0.05) is 22.2 Å². The molecule has 0 atom stereocenters. The van der Waals surface area contributed by atoms with Crippen molar-refractivity contribution in [3.8, 4) is 6.07 Å². The second kappa shape index (κ2) is 2.93. The largest absolute Gasteiger partial charge is 0.300 e. The molecule has 1 heterocycles. The first-order chi connectivity index (χ1) is 6.18. The Labute approximate surface area is 88.3 Å². The number of halogens is 1. The fourth-order valence-corrected chi connectivity index (χ4v) is 3.45. The molecule has 0 bridgehead atoms. The first-order valence-electron chi connectivity index (χ1n) is 3.84. The molecule has 0 amide bonds. The third kappa shape index (κ3) is 1.23. The van der Waals surface area contributed by atoms with Crippen molar-refractivity contribution in [2.45, 2.75) is 18.3 Å². The average molecular weight is 256 g/mol. The van der Waals surface area contributed by atoms with Gasteiger partial charge in [0.1, 0.15) is 11.2 Å². The van der Waals surface area contributed by atoms with Gasteiger partial charge in [-0.25, -0.2) is 0 Å². The van der Waals surface area contributed by atoms with E-state index in [1.54, 1.807) is 0 Å². The number of rotatable bonds is 1. The van der Waals surface area contributed by atoms with Gasteiger partial charge in [0.15, 0.2) is 0 Å². The fourth-order valence-electron chi connectivity index (χ4n) is 1.55. The summed E-state index contributed by atoms with van der Waals surface area (Å²) in [4.78, 5) is 11.9. The van der Waals surface area contributed by atoms with Gasteiger partial charge in [0.05, 0.1) is 6.07 Å². The normalized spacial score (nSPS) is 19.2. The van der Waals surface area contributed by atoms with Crippen LogP contribution < -0.4 is 0 Å². The number of carbonyl (C=O) groups excluding carboxylic acids is 1. The molecule has 1 aliphatic rings. The monoisotopic (exact) mass is 255 g/mol. The zero-order valence-corrected chi connectivity index (χ0v) is 9.11. The highest BCUT2D eigenvalue weighted by Gasteiger charge is 2.47. The second-order valence-corrected chi connectivity index (χ2v) is 4.95. The number of nitriles is 1. The van der Waals surface area contributed by atoms with Crippen molar-refractivity contribution < 1.29 is 4.79 Å². The van der Waals surface area contributed by atoms with Gasteiger partial charge < -0.3 is 0 Å². The molecule has 0 spiro atoms. The maximum atomic E-state index is 10.9. The molecule has 2 nitrogen and oxygen atoms in total. The summed E-state index contributed by atoms with van der Waals surface area (Å²) >= 11 is 4.92. The molecule has 0 aromatic carbocycles. The topological polar surface area (TPSA) is 40.9 Å². The van der Waals surface area contributed by atoms with Crippen LogP contribution in [0.4, 0.5) is 0 Å². The van der Waals surface area contributed by atoms with Gasteiger partial charge in [-0.05, 0) is 27.4 Å². The summed E-state index contributed by atoms with van der Waals surface area (Å²) in [6.45, 7) is 0. The molecule has 1 fully saturated rings. The molecule has 0 aliphatic heterocycles. The van der Waals surface area contributed by atoms with Crippen LogP contribution in [-0.4, -0.2) is 5.78 Å². The van der Waals surface area contributed by atoms with Crippen molar-refractivity contribution in [2.24, 2.45) is 0 Å². The van der Waals surface area contributed by atoms with E-state index in [2.05, 4.69) is 22.0 Å². The van der Waals surface area contributed by atoms with E-state index in [0.29, 0.717) is 12.8 Å². The molecular weight excluding hydrogens is 250 g/mol. The summed E-state index contributed by atoms with van der Waals surface area (Å²) in [5, 5.41) is 11.0. The standard InChI is InChI=1S/C9H6BrNOS/c10-7-1-2-13-8(7)9(5-11)3-6(12)4-9/h1-2H,3-4H2. The van der Waals surface area contributed by atoms with Crippen LogP contribution in [0.3, 0.4) is 0 Å². The summed E-state index contributed by atoms with van der Waals surface area (Å²) < 4.78 is 0.951. The quantitative estimate of drug-likeness (QED) is 0.774. The van der Waals surface area contributed by atoms with Gasteiger partial charge >= 0.3 is 0 Å². The van der Waals surface area contributed by atoms with Crippen LogP contribution in [0, 0.1) is 11.3 Å². The zero-order valence-electron chi connectivity index (χ0n) is 6.71. The lowest BCUT2D eigenvalue weighted by Crippen LogP contribution is -2.39. The molecule has 1 aliphatic carbocycles. The Hall–Kier alpha value is -0.660. The van der Waals surface area contributed by atoms with Crippen LogP contribution in [0.5, 0.6) is 0 Å². The van der Waals surface area contributed by atoms with Gasteiger partial charge in [-0.15, -0.1) is 11.3 Å². The highest BCUT2D eigenvalue weighted by Crippen LogP contribution is 2.46. The molecule has 1 aromatic rings. The van der Waals surface area contributed by atoms with E-state index < -0.39 is 5.41 Å². The third-order valence-electron chi connectivity index (χ3n) is 2.26. The zero-order chi connectivity index (χ0) is 9.47. The Morgan fingerprint density at radius 1 is 1.62 bits per heavy atom. The highest BCUT2D eigenvalue weighted by atomic mass is 79.9. The van der Waals surface area contributed by atoms with Crippen LogP contribution >= 0.6 is 27.3 Å².